The van der Waals surface area contributed by atoms with Crippen molar-refractivity contribution in [1.82, 2.24) is 4.90 Å². The van der Waals surface area contributed by atoms with Crippen LogP contribution in [0.2, 0.25) is 0 Å². The van der Waals surface area contributed by atoms with Gasteiger partial charge in [-0.15, -0.1) is 0 Å². The molecule has 0 aliphatic rings. The highest BCUT2D eigenvalue weighted by molar-refractivity contribution is 5.13. The molecule has 17 heavy (non-hydrogen) atoms. The summed E-state index contributed by atoms with van der Waals surface area (Å²) >= 11 is 0. The van der Waals surface area contributed by atoms with Crippen LogP contribution < -0.4 is 0 Å². The summed E-state index contributed by atoms with van der Waals surface area (Å²) in [6.07, 6.45) is 2.44. The first-order valence-corrected chi connectivity index (χ1v) is 6.70. The Balaban J connectivity index is 2.13. The third-order valence-electron chi connectivity index (χ3n) is 2.74. The van der Waals surface area contributed by atoms with Gasteiger partial charge in [0.2, 0.25) is 0 Å². The Morgan fingerprint density at radius 2 is 1.59 bits per heavy atom. The second kappa shape index (κ2) is 9.20. The van der Waals surface area contributed by atoms with Crippen LogP contribution in [0.25, 0.3) is 0 Å². The maximum Gasteiger partial charge on any atom is 0.0717 e. The number of rotatable bonds is 9. The highest BCUT2D eigenvalue weighted by atomic mass is 16.5. The van der Waals surface area contributed by atoms with Crippen molar-refractivity contribution in [3.63, 3.8) is 0 Å². The van der Waals surface area contributed by atoms with Crippen LogP contribution in [0.3, 0.4) is 0 Å². The minimum Gasteiger partial charge on any atom is -0.375 e. The van der Waals surface area contributed by atoms with Crippen LogP contribution in [0.15, 0.2) is 30.3 Å². The predicted molar refractivity (Wildman–Crippen MR) is 73.1 cm³/mol. The Labute approximate surface area is 106 Å². The maximum atomic E-state index is 5.70. The van der Waals surface area contributed by atoms with E-state index in [-0.39, 0.29) is 0 Å². The monoisotopic (exact) mass is 235 g/mol. The third-order valence-corrected chi connectivity index (χ3v) is 2.74. The topological polar surface area (TPSA) is 12.5 Å². The van der Waals surface area contributed by atoms with E-state index in [4.69, 9.17) is 4.74 Å². The molecule has 0 aliphatic heterocycles. The van der Waals surface area contributed by atoms with E-state index < -0.39 is 0 Å². The zero-order valence-corrected chi connectivity index (χ0v) is 11.2. The van der Waals surface area contributed by atoms with Gasteiger partial charge in [-0.3, -0.25) is 0 Å². The SMILES string of the molecule is CCCN(CCC)CCOCc1ccccc1. The van der Waals surface area contributed by atoms with Gasteiger partial charge >= 0.3 is 0 Å². The molecule has 0 unspecified atom stereocenters. The molecule has 1 aromatic rings. The fraction of sp³-hybridized carbons (Fsp3) is 0.600. The zero-order chi connectivity index (χ0) is 12.3. The van der Waals surface area contributed by atoms with Gasteiger partial charge < -0.3 is 9.64 Å². The number of benzene rings is 1. The lowest BCUT2D eigenvalue weighted by Crippen LogP contribution is -2.29. The van der Waals surface area contributed by atoms with Gasteiger partial charge in [-0.2, -0.15) is 0 Å². The average Bonchev–Trinajstić information content (AvgIpc) is 2.36. The summed E-state index contributed by atoms with van der Waals surface area (Å²) in [5.74, 6) is 0. The van der Waals surface area contributed by atoms with E-state index in [1.807, 2.05) is 6.07 Å². The molecule has 0 spiro atoms. The number of hydrogen-bond acceptors (Lipinski definition) is 2. The molecule has 1 rings (SSSR count). The van der Waals surface area contributed by atoms with E-state index >= 15 is 0 Å². The minimum atomic E-state index is 0.729. The van der Waals surface area contributed by atoms with Gasteiger partial charge in [0.15, 0.2) is 0 Å². The molecular formula is C15H25NO. The van der Waals surface area contributed by atoms with Crippen LogP contribution in [0.4, 0.5) is 0 Å². The molecule has 2 heteroatoms. The summed E-state index contributed by atoms with van der Waals surface area (Å²) < 4.78 is 5.70. The first-order chi connectivity index (χ1) is 8.36. The molecule has 0 atom stereocenters. The van der Waals surface area contributed by atoms with Crippen LogP contribution in [-0.4, -0.2) is 31.1 Å². The molecule has 0 saturated heterocycles. The fourth-order valence-electron chi connectivity index (χ4n) is 1.93. The molecule has 0 saturated carbocycles. The molecule has 0 fully saturated rings. The van der Waals surface area contributed by atoms with Crippen LogP contribution >= 0.6 is 0 Å². The lowest BCUT2D eigenvalue weighted by molar-refractivity contribution is 0.0925. The lowest BCUT2D eigenvalue weighted by Gasteiger charge is -2.20. The van der Waals surface area contributed by atoms with Crippen LogP contribution in [-0.2, 0) is 11.3 Å². The van der Waals surface area contributed by atoms with E-state index in [2.05, 4.69) is 43.0 Å². The van der Waals surface area contributed by atoms with Crippen molar-refractivity contribution in [3.8, 4) is 0 Å². The van der Waals surface area contributed by atoms with E-state index in [1.54, 1.807) is 0 Å². The normalized spacial score (nSPS) is 11.0. The molecule has 2 nitrogen and oxygen atoms in total. The van der Waals surface area contributed by atoms with Crippen molar-refractivity contribution in [3.05, 3.63) is 35.9 Å². The van der Waals surface area contributed by atoms with E-state index in [9.17, 15) is 0 Å². The van der Waals surface area contributed by atoms with E-state index in [1.165, 1.54) is 31.5 Å². The van der Waals surface area contributed by atoms with Crippen molar-refractivity contribution in [2.45, 2.75) is 33.3 Å². The van der Waals surface area contributed by atoms with Crippen molar-refractivity contribution < 1.29 is 4.74 Å². The Bertz CT molecular complexity index is 268. The maximum absolute atomic E-state index is 5.70. The van der Waals surface area contributed by atoms with Gasteiger partial charge in [0, 0.05) is 6.54 Å². The molecular weight excluding hydrogens is 210 g/mol. The van der Waals surface area contributed by atoms with Gasteiger partial charge in [0.25, 0.3) is 0 Å². The second-order valence-electron chi connectivity index (χ2n) is 4.38. The standard InChI is InChI=1S/C15H25NO/c1-3-10-16(11-4-2)12-13-17-14-15-8-6-5-7-9-15/h5-9H,3-4,10-14H2,1-2H3. The predicted octanol–water partition coefficient (Wildman–Crippen LogP) is 3.33. The summed E-state index contributed by atoms with van der Waals surface area (Å²) in [4.78, 5) is 2.48. The Hall–Kier alpha value is -0.860. The third kappa shape index (κ3) is 6.44. The van der Waals surface area contributed by atoms with Crippen molar-refractivity contribution >= 4 is 0 Å². The quantitative estimate of drug-likeness (QED) is 0.609. The molecule has 0 N–H and O–H groups in total. The smallest absolute Gasteiger partial charge is 0.0717 e. The van der Waals surface area contributed by atoms with Crippen LogP contribution in [0.1, 0.15) is 32.3 Å². The molecule has 0 amide bonds. The minimum absolute atomic E-state index is 0.729. The van der Waals surface area contributed by atoms with Crippen LogP contribution in [0, 0.1) is 0 Å². The fourth-order valence-corrected chi connectivity index (χ4v) is 1.93. The van der Waals surface area contributed by atoms with Gasteiger partial charge in [0.05, 0.1) is 13.2 Å². The average molecular weight is 235 g/mol. The summed E-state index contributed by atoms with van der Waals surface area (Å²) in [5.41, 5.74) is 1.25. The highest BCUT2D eigenvalue weighted by Gasteiger charge is 2.01. The number of hydrogen-bond donors (Lipinski definition) is 0. The van der Waals surface area contributed by atoms with Gasteiger partial charge in [0.1, 0.15) is 0 Å². The second-order valence-corrected chi connectivity index (χ2v) is 4.38. The lowest BCUT2D eigenvalue weighted by atomic mass is 10.2. The van der Waals surface area contributed by atoms with E-state index in [0.717, 1.165) is 19.8 Å². The Morgan fingerprint density at radius 3 is 2.18 bits per heavy atom. The van der Waals surface area contributed by atoms with E-state index in [0.29, 0.717) is 0 Å². The number of ether oxygens (including phenoxy) is 1. The van der Waals surface area contributed by atoms with Crippen LogP contribution in [0.5, 0.6) is 0 Å². The summed E-state index contributed by atoms with van der Waals surface area (Å²) in [7, 11) is 0. The molecule has 1 aromatic carbocycles. The molecule has 0 aromatic heterocycles. The van der Waals surface area contributed by atoms with Crippen molar-refractivity contribution in [2.75, 3.05) is 26.2 Å². The van der Waals surface area contributed by atoms with Crippen molar-refractivity contribution in [1.29, 1.82) is 0 Å². The van der Waals surface area contributed by atoms with Gasteiger partial charge in [-0.25, -0.2) is 0 Å². The summed E-state index contributed by atoms with van der Waals surface area (Å²) in [5, 5.41) is 0. The summed E-state index contributed by atoms with van der Waals surface area (Å²) in [6, 6.07) is 10.4. The molecule has 0 heterocycles. The van der Waals surface area contributed by atoms with Gasteiger partial charge in [-0.1, -0.05) is 44.2 Å². The first-order valence-electron chi connectivity index (χ1n) is 6.70. The first kappa shape index (κ1) is 14.2. The molecule has 0 aliphatic carbocycles. The zero-order valence-electron chi connectivity index (χ0n) is 11.2. The molecule has 96 valence electrons. The molecule has 0 radical (unpaired) electrons. The number of nitrogens with zero attached hydrogens (tertiary/aromatic N) is 1. The molecule has 0 bridgehead atoms. The summed E-state index contributed by atoms with van der Waals surface area (Å²) in [6.45, 7) is 9.43. The largest absolute Gasteiger partial charge is 0.375 e. The Morgan fingerprint density at radius 1 is 0.941 bits per heavy atom. The Kier molecular flexibility index (Phi) is 7.69. The van der Waals surface area contributed by atoms with Gasteiger partial charge in [-0.05, 0) is 31.5 Å². The highest BCUT2D eigenvalue weighted by Crippen LogP contribution is 2.01. The van der Waals surface area contributed by atoms with Crippen molar-refractivity contribution in [2.24, 2.45) is 0 Å².